The molecule has 0 spiro atoms. The predicted octanol–water partition coefficient (Wildman–Crippen LogP) is 0.615. The molecule has 5 heteroatoms. The fourth-order valence-electron chi connectivity index (χ4n) is 0.397. The summed E-state index contributed by atoms with van der Waals surface area (Å²) < 4.78 is 3.77. The van der Waals surface area contributed by atoms with Crippen molar-refractivity contribution in [1.29, 1.82) is 0 Å². The summed E-state index contributed by atoms with van der Waals surface area (Å²) >= 11 is 1.84. The molecule has 0 aromatic rings. The van der Waals surface area contributed by atoms with Gasteiger partial charge in [0.05, 0.1) is 6.61 Å². The Morgan fingerprint density at radius 3 is 2.50 bits per heavy atom. The third-order valence-corrected chi connectivity index (χ3v) is 2.37. The van der Waals surface area contributed by atoms with E-state index in [2.05, 4.69) is 4.74 Å². The van der Waals surface area contributed by atoms with Gasteiger partial charge in [0.15, 0.2) is 3.61 Å². The molecule has 0 fully saturated rings. The van der Waals surface area contributed by atoms with Crippen LogP contribution in [0.4, 0.5) is 4.79 Å². The second-order valence-corrected chi connectivity index (χ2v) is 3.78. The van der Waals surface area contributed by atoms with Gasteiger partial charge >= 0.3 is 6.09 Å². The highest BCUT2D eigenvalue weighted by molar-refractivity contribution is 14.1. The largest absolute Gasteiger partial charge is 0.430 e. The lowest BCUT2D eigenvalue weighted by Gasteiger charge is -2.21. The van der Waals surface area contributed by atoms with Crippen molar-refractivity contribution in [3.63, 3.8) is 0 Å². The highest BCUT2D eigenvalue weighted by atomic mass is 127. The lowest BCUT2D eigenvalue weighted by Crippen LogP contribution is -2.33. The van der Waals surface area contributed by atoms with Crippen molar-refractivity contribution in [3.05, 3.63) is 0 Å². The van der Waals surface area contributed by atoms with Gasteiger partial charge in [-0.3, -0.25) is 0 Å². The molecule has 60 valence electrons. The molecule has 0 heterocycles. The zero-order valence-corrected chi connectivity index (χ0v) is 7.79. The Labute approximate surface area is 72.9 Å². The predicted molar refractivity (Wildman–Crippen MR) is 44.8 cm³/mol. The molecule has 0 saturated heterocycles. The molecule has 0 aliphatic carbocycles. The third-order valence-electron chi connectivity index (χ3n) is 1.05. The van der Waals surface area contributed by atoms with E-state index in [-0.39, 0.29) is 6.61 Å². The van der Waals surface area contributed by atoms with Crippen molar-refractivity contribution < 1.29 is 14.6 Å². The van der Waals surface area contributed by atoms with Gasteiger partial charge in [0.2, 0.25) is 0 Å². The summed E-state index contributed by atoms with van der Waals surface area (Å²) in [6.45, 7) is 1.58. The van der Waals surface area contributed by atoms with E-state index < -0.39 is 9.70 Å². The van der Waals surface area contributed by atoms with Crippen molar-refractivity contribution >= 4 is 28.7 Å². The topological polar surface area (TPSA) is 72.6 Å². The summed E-state index contributed by atoms with van der Waals surface area (Å²) in [5.41, 5.74) is 4.75. The summed E-state index contributed by atoms with van der Waals surface area (Å²) in [7, 11) is 0. The maximum Gasteiger partial charge on any atom is 0.405 e. The zero-order chi connectivity index (χ0) is 8.20. The van der Waals surface area contributed by atoms with Crippen molar-refractivity contribution in [2.24, 2.45) is 5.73 Å². The first-order valence-electron chi connectivity index (χ1n) is 2.82. The Bertz CT molecular complexity index is 124. The number of aliphatic hydroxyl groups excluding tert-OH is 1. The molecular formula is C5H10INO3. The molecule has 3 N–H and O–H groups in total. The van der Waals surface area contributed by atoms with E-state index in [1.165, 1.54) is 0 Å². The molecule has 0 aliphatic heterocycles. The van der Waals surface area contributed by atoms with Gasteiger partial charge in [0.25, 0.3) is 0 Å². The summed E-state index contributed by atoms with van der Waals surface area (Å²) in [6.07, 6.45) is -0.321. The van der Waals surface area contributed by atoms with Crippen LogP contribution in [-0.4, -0.2) is 21.4 Å². The quantitative estimate of drug-likeness (QED) is 0.576. The standard InChI is InChI=1S/C5H10INO3/c1-2-5(6,3-8)10-4(7)9/h8H,2-3H2,1H3,(H2,7,9)/t5-/m1/s1. The van der Waals surface area contributed by atoms with E-state index in [9.17, 15) is 4.79 Å². The molecule has 0 saturated carbocycles. The Morgan fingerprint density at radius 2 is 2.40 bits per heavy atom. The summed E-state index contributed by atoms with van der Waals surface area (Å²) in [6, 6.07) is 0. The Balaban J connectivity index is 3.92. The van der Waals surface area contributed by atoms with E-state index in [0.29, 0.717) is 6.42 Å². The van der Waals surface area contributed by atoms with Gasteiger partial charge < -0.3 is 15.6 Å². The normalized spacial score (nSPS) is 15.9. The molecule has 0 aromatic heterocycles. The Hall–Kier alpha value is -0.0400. The Kier molecular flexibility index (Phi) is 3.95. The number of ether oxygens (including phenoxy) is 1. The number of carbonyl (C=O) groups excluding carboxylic acids is 1. The molecule has 0 radical (unpaired) electrons. The van der Waals surface area contributed by atoms with Crippen LogP contribution in [0.15, 0.2) is 0 Å². The van der Waals surface area contributed by atoms with Crippen LogP contribution in [0.3, 0.4) is 0 Å². The molecule has 0 unspecified atom stereocenters. The van der Waals surface area contributed by atoms with Crippen LogP contribution in [0.1, 0.15) is 13.3 Å². The minimum absolute atomic E-state index is 0.215. The second kappa shape index (κ2) is 3.97. The summed E-state index contributed by atoms with van der Waals surface area (Å²) in [4.78, 5) is 10.2. The number of halogens is 1. The first-order valence-corrected chi connectivity index (χ1v) is 3.90. The number of amides is 1. The molecule has 0 bridgehead atoms. The van der Waals surface area contributed by atoms with Crippen molar-refractivity contribution in [2.75, 3.05) is 6.61 Å². The van der Waals surface area contributed by atoms with Gasteiger partial charge in [-0.1, -0.05) is 6.92 Å². The molecule has 0 aliphatic rings. The van der Waals surface area contributed by atoms with E-state index in [1.807, 2.05) is 22.6 Å². The number of hydrogen-bond donors (Lipinski definition) is 2. The van der Waals surface area contributed by atoms with Crippen LogP contribution in [0, 0.1) is 0 Å². The van der Waals surface area contributed by atoms with Gasteiger partial charge in [0.1, 0.15) is 0 Å². The first-order chi connectivity index (χ1) is 4.54. The lowest BCUT2D eigenvalue weighted by molar-refractivity contribution is 0.0497. The third kappa shape index (κ3) is 3.21. The molecule has 1 atom stereocenters. The van der Waals surface area contributed by atoms with Crippen LogP contribution in [0.2, 0.25) is 0 Å². The SMILES string of the molecule is CC[C@](I)(CO)OC(N)=O. The fraction of sp³-hybridized carbons (Fsp3) is 0.800. The number of rotatable bonds is 3. The number of aliphatic hydroxyl groups is 1. The average molecular weight is 259 g/mol. The van der Waals surface area contributed by atoms with Crippen molar-refractivity contribution in [3.8, 4) is 0 Å². The zero-order valence-electron chi connectivity index (χ0n) is 5.63. The van der Waals surface area contributed by atoms with Crippen LogP contribution in [0.5, 0.6) is 0 Å². The van der Waals surface area contributed by atoms with E-state index in [1.54, 1.807) is 6.92 Å². The lowest BCUT2D eigenvalue weighted by atomic mass is 10.3. The van der Waals surface area contributed by atoms with Gasteiger partial charge in [-0.05, 0) is 29.0 Å². The van der Waals surface area contributed by atoms with E-state index in [4.69, 9.17) is 10.8 Å². The van der Waals surface area contributed by atoms with Crippen molar-refractivity contribution in [2.45, 2.75) is 17.0 Å². The molecule has 0 rings (SSSR count). The Morgan fingerprint density at radius 1 is 1.90 bits per heavy atom. The highest BCUT2D eigenvalue weighted by Gasteiger charge is 2.26. The summed E-state index contributed by atoms with van der Waals surface area (Å²) in [5, 5.41) is 8.69. The van der Waals surface area contributed by atoms with Crippen LogP contribution in [0.25, 0.3) is 0 Å². The second-order valence-electron chi connectivity index (χ2n) is 1.82. The summed E-state index contributed by atoms with van der Waals surface area (Å²) in [5.74, 6) is 0. The van der Waals surface area contributed by atoms with Crippen molar-refractivity contribution in [1.82, 2.24) is 0 Å². The minimum Gasteiger partial charge on any atom is -0.430 e. The van der Waals surface area contributed by atoms with Crippen LogP contribution >= 0.6 is 22.6 Å². The van der Waals surface area contributed by atoms with Gasteiger partial charge in [0, 0.05) is 0 Å². The van der Waals surface area contributed by atoms with E-state index in [0.717, 1.165) is 0 Å². The smallest absolute Gasteiger partial charge is 0.405 e. The van der Waals surface area contributed by atoms with E-state index >= 15 is 0 Å². The molecule has 10 heavy (non-hydrogen) atoms. The number of carbonyl (C=O) groups is 1. The number of primary amides is 1. The van der Waals surface area contributed by atoms with Gasteiger partial charge in [-0.15, -0.1) is 0 Å². The van der Waals surface area contributed by atoms with Crippen LogP contribution in [-0.2, 0) is 4.74 Å². The number of hydrogen-bond acceptors (Lipinski definition) is 3. The molecule has 0 aromatic carbocycles. The van der Waals surface area contributed by atoms with Gasteiger partial charge in [-0.2, -0.15) is 0 Å². The average Bonchev–Trinajstić information content (AvgIpc) is 1.87. The number of nitrogens with two attached hydrogens (primary N) is 1. The monoisotopic (exact) mass is 259 g/mol. The highest BCUT2D eigenvalue weighted by Crippen LogP contribution is 2.23. The van der Waals surface area contributed by atoms with Crippen LogP contribution < -0.4 is 5.73 Å². The molecule has 1 amide bonds. The molecular weight excluding hydrogens is 249 g/mol. The van der Waals surface area contributed by atoms with Gasteiger partial charge in [-0.25, -0.2) is 4.79 Å². The minimum atomic E-state index is -0.856. The molecule has 4 nitrogen and oxygen atoms in total. The maximum absolute atomic E-state index is 10.2. The first kappa shape index (κ1) is 9.96. The number of alkyl halides is 1. The maximum atomic E-state index is 10.2. The fourth-order valence-corrected chi connectivity index (χ4v) is 0.614.